The molecule has 0 fully saturated rings. The summed E-state index contributed by atoms with van der Waals surface area (Å²) in [4.78, 5) is 19.4. The van der Waals surface area contributed by atoms with Crippen molar-refractivity contribution in [3.05, 3.63) is 71.7 Å². The van der Waals surface area contributed by atoms with E-state index in [0.29, 0.717) is 18.7 Å². The third kappa shape index (κ3) is 3.16. The fourth-order valence-corrected chi connectivity index (χ4v) is 2.84. The van der Waals surface area contributed by atoms with E-state index in [-0.39, 0.29) is 19.1 Å². The Morgan fingerprint density at radius 1 is 1.17 bits per heavy atom. The highest BCUT2D eigenvalue weighted by molar-refractivity contribution is 5.94. The molecular weight excluding hydrogens is 302 g/mol. The van der Waals surface area contributed by atoms with Gasteiger partial charge in [-0.05, 0) is 24.1 Å². The maximum atomic E-state index is 13.1. The maximum absolute atomic E-state index is 13.1. The molecule has 3 rings (SSSR count). The molecule has 0 aliphatic rings. The van der Waals surface area contributed by atoms with Crippen LogP contribution in [0.15, 0.2) is 54.7 Å². The zero-order valence-corrected chi connectivity index (χ0v) is 13.7. The van der Waals surface area contributed by atoms with E-state index in [4.69, 9.17) is 0 Å². The van der Waals surface area contributed by atoms with Gasteiger partial charge in [0.25, 0.3) is 5.91 Å². The summed E-state index contributed by atoms with van der Waals surface area (Å²) >= 11 is 0. The molecule has 1 amide bonds. The molecule has 2 heterocycles. The first kappa shape index (κ1) is 16.2. The van der Waals surface area contributed by atoms with E-state index in [1.54, 1.807) is 4.90 Å². The molecule has 0 radical (unpaired) electrons. The first-order valence-corrected chi connectivity index (χ1v) is 8.14. The molecule has 1 aromatic carbocycles. The van der Waals surface area contributed by atoms with Crippen LogP contribution in [0.3, 0.4) is 0 Å². The quantitative estimate of drug-likeness (QED) is 0.758. The standard InChI is InChI=1S/C19H21N3O2/c1-2-16-18(22-11-7-6-10-17(22)20-16)19(24)21(12-13-23)14-15-8-4-3-5-9-15/h3-11,23H,2,12-14H2,1H3. The van der Waals surface area contributed by atoms with Gasteiger partial charge in [0.05, 0.1) is 12.3 Å². The van der Waals surface area contributed by atoms with Crippen LogP contribution in [-0.4, -0.2) is 38.4 Å². The number of imidazole rings is 1. The van der Waals surface area contributed by atoms with Crippen molar-refractivity contribution in [1.82, 2.24) is 14.3 Å². The molecule has 5 nitrogen and oxygen atoms in total. The summed E-state index contributed by atoms with van der Waals surface area (Å²) in [6.07, 6.45) is 2.54. The van der Waals surface area contributed by atoms with Crippen molar-refractivity contribution in [2.45, 2.75) is 19.9 Å². The monoisotopic (exact) mass is 323 g/mol. The molecule has 124 valence electrons. The lowest BCUT2D eigenvalue weighted by molar-refractivity contribution is 0.0699. The molecule has 2 aromatic heterocycles. The number of carbonyl (C=O) groups is 1. The average Bonchev–Trinajstić information content (AvgIpc) is 3.00. The Morgan fingerprint density at radius 2 is 1.92 bits per heavy atom. The number of aryl methyl sites for hydroxylation is 1. The van der Waals surface area contributed by atoms with Gasteiger partial charge in [-0.2, -0.15) is 0 Å². The van der Waals surface area contributed by atoms with Crippen molar-refractivity contribution in [2.24, 2.45) is 0 Å². The molecular formula is C19H21N3O2. The summed E-state index contributed by atoms with van der Waals surface area (Å²) in [5.41, 5.74) is 3.16. The van der Waals surface area contributed by atoms with Gasteiger partial charge in [0.15, 0.2) is 0 Å². The number of amides is 1. The number of rotatable bonds is 6. The summed E-state index contributed by atoms with van der Waals surface area (Å²) < 4.78 is 1.83. The average molecular weight is 323 g/mol. The normalized spacial score (nSPS) is 10.9. The topological polar surface area (TPSA) is 57.8 Å². The van der Waals surface area contributed by atoms with Crippen molar-refractivity contribution in [3.63, 3.8) is 0 Å². The molecule has 0 aliphatic carbocycles. The van der Waals surface area contributed by atoms with Crippen LogP contribution in [0, 0.1) is 0 Å². The number of nitrogens with zero attached hydrogens (tertiary/aromatic N) is 3. The van der Waals surface area contributed by atoms with Gasteiger partial charge < -0.3 is 10.0 Å². The van der Waals surface area contributed by atoms with Crippen LogP contribution in [0.4, 0.5) is 0 Å². The Balaban J connectivity index is 1.98. The van der Waals surface area contributed by atoms with Gasteiger partial charge in [-0.25, -0.2) is 4.98 Å². The lowest BCUT2D eigenvalue weighted by Gasteiger charge is -2.22. The number of benzene rings is 1. The number of hydrogen-bond donors (Lipinski definition) is 1. The lowest BCUT2D eigenvalue weighted by atomic mass is 10.2. The van der Waals surface area contributed by atoms with Gasteiger partial charge in [0.1, 0.15) is 11.3 Å². The van der Waals surface area contributed by atoms with Crippen molar-refractivity contribution < 1.29 is 9.90 Å². The zero-order valence-electron chi connectivity index (χ0n) is 13.7. The number of carbonyl (C=O) groups excluding carboxylic acids is 1. The van der Waals surface area contributed by atoms with Crippen LogP contribution in [0.5, 0.6) is 0 Å². The third-order valence-corrected chi connectivity index (χ3v) is 4.01. The van der Waals surface area contributed by atoms with Gasteiger partial charge in [0.2, 0.25) is 0 Å². The molecule has 5 heteroatoms. The third-order valence-electron chi connectivity index (χ3n) is 4.01. The number of hydrogen-bond acceptors (Lipinski definition) is 3. The Bertz CT molecular complexity index is 827. The number of aromatic nitrogens is 2. The maximum Gasteiger partial charge on any atom is 0.273 e. The number of fused-ring (bicyclic) bond motifs is 1. The molecule has 24 heavy (non-hydrogen) atoms. The van der Waals surface area contributed by atoms with Crippen molar-refractivity contribution >= 4 is 11.6 Å². The second-order valence-electron chi connectivity index (χ2n) is 5.63. The van der Waals surface area contributed by atoms with E-state index in [9.17, 15) is 9.90 Å². The fourth-order valence-electron chi connectivity index (χ4n) is 2.84. The van der Waals surface area contributed by atoms with Gasteiger partial charge in [0, 0.05) is 19.3 Å². The molecule has 0 spiro atoms. The fraction of sp³-hybridized carbons (Fsp3) is 0.263. The van der Waals surface area contributed by atoms with Crippen molar-refractivity contribution in [1.29, 1.82) is 0 Å². The van der Waals surface area contributed by atoms with Gasteiger partial charge in [-0.15, -0.1) is 0 Å². The van der Waals surface area contributed by atoms with Gasteiger partial charge >= 0.3 is 0 Å². The largest absolute Gasteiger partial charge is 0.395 e. The minimum atomic E-state index is -0.108. The van der Waals surface area contributed by atoms with E-state index < -0.39 is 0 Å². The van der Waals surface area contributed by atoms with Crippen LogP contribution in [-0.2, 0) is 13.0 Å². The van der Waals surface area contributed by atoms with Crippen molar-refractivity contribution in [2.75, 3.05) is 13.2 Å². The van der Waals surface area contributed by atoms with Crippen LogP contribution in [0.1, 0.15) is 28.7 Å². The second-order valence-corrected chi connectivity index (χ2v) is 5.63. The summed E-state index contributed by atoms with van der Waals surface area (Å²) in [6, 6.07) is 15.5. The summed E-state index contributed by atoms with van der Waals surface area (Å²) in [6.45, 7) is 2.67. The summed E-state index contributed by atoms with van der Waals surface area (Å²) in [5.74, 6) is -0.108. The Hall–Kier alpha value is -2.66. The molecule has 0 unspecified atom stereocenters. The summed E-state index contributed by atoms with van der Waals surface area (Å²) in [7, 11) is 0. The molecule has 0 saturated carbocycles. The highest BCUT2D eigenvalue weighted by atomic mass is 16.3. The minimum absolute atomic E-state index is 0.0727. The van der Waals surface area contributed by atoms with Crippen LogP contribution >= 0.6 is 0 Å². The van der Waals surface area contributed by atoms with E-state index in [2.05, 4.69) is 4.98 Å². The molecule has 0 atom stereocenters. The van der Waals surface area contributed by atoms with E-state index in [0.717, 1.165) is 16.9 Å². The molecule has 1 N–H and O–H groups in total. The van der Waals surface area contributed by atoms with Gasteiger partial charge in [-0.1, -0.05) is 43.3 Å². The molecule has 0 saturated heterocycles. The lowest BCUT2D eigenvalue weighted by Crippen LogP contribution is -2.34. The zero-order chi connectivity index (χ0) is 16.9. The SMILES string of the molecule is CCc1nc2ccccn2c1C(=O)N(CCO)Cc1ccccc1. The predicted octanol–water partition coefficient (Wildman–Crippen LogP) is 2.53. The molecule has 0 bridgehead atoms. The Kier molecular flexibility index (Phi) is 4.91. The first-order valence-electron chi connectivity index (χ1n) is 8.14. The Labute approximate surface area is 141 Å². The van der Waals surface area contributed by atoms with E-state index >= 15 is 0 Å². The summed E-state index contributed by atoms with van der Waals surface area (Å²) in [5, 5.41) is 9.38. The minimum Gasteiger partial charge on any atom is -0.395 e. The highest BCUT2D eigenvalue weighted by Crippen LogP contribution is 2.17. The Morgan fingerprint density at radius 3 is 2.62 bits per heavy atom. The van der Waals surface area contributed by atoms with Crippen LogP contribution < -0.4 is 0 Å². The van der Waals surface area contributed by atoms with E-state index in [1.807, 2.05) is 66.1 Å². The number of pyridine rings is 1. The first-order chi connectivity index (χ1) is 11.7. The van der Waals surface area contributed by atoms with Crippen molar-refractivity contribution in [3.8, 4) is 0 Å². The smallest absolute Gasteiger partial charge is 0.273 e. The van der Waals surface area contributed by atoms with E-state index in [1.165, 1.54) is 0 Å². The highest BCUT2D eigenvalue weighted by Gasteiger charge is 2.23. The van der Waals surface area contributed by atoms with Crippen LogP contribution in [0.2, 0.25) is 0 Å². The number of aliphatic hydroxyl groups excluding tert-OH is 1. The predicted molar refractivity (Wildman–Crippen MR) is 92.8 cm³/mol. The van der Waals surface area contributed by atoms with Crippen LogP contribution in [0.25, 0.3) is 5.65 Å². The number of aliphatic hydroxyl groups is 1. The second kappa shape index (κ2) is 7.27. The van der Waals surface area contributed by atoms with Gasteiger partial charge in [-0.3, -0.25) is 9.20 Å². The molecule has 3 aromatic rings. The molecule has 0 aliphatic heterocycles.